The Morgan fingerprint density at radius 1 is 1.71 bits per heavy atom. The monoisotopic (exact) mass is 208 g/mol. The van der Waals surface area contributed by atoms with E-state index in [4.69, 9.17) is 4.74 Å². The fraction of sp³-hybridized carbons (Fsp3) is 0.200. The Morgan fingerprint density at radius 2 is 2.57 bits per heavy atom. The standard InChI is InChI=1S/C5H5IO/c6-5-1-3-7-4-2-5/h1-3H,4H2. The van der Waals surface area contributed by atoms with Crippen LogP contribution in [-0.4, -0.2) is 6.61 Å². The van der Waals surface area contributed by atoms with Gasteiger partial charge in [0.15, 0.2) is 0 Å². The molecule has 2 heteroatoms. The molecule has 1 aliphatic heterocycles. The number of hydrogen-bond acceptors (Lipinski definition) is 1. The normalized spacial score (nSPS) is 18.1. The lowest BCUT2D eigenvalue weighted by Gasteiger charge is -1.99. The maximum absolute atomic E-state index is 4.88. The van der Waals surface area contributed by atoms with Crippen molar-refractivity contribution in [3.05, 3.63) is 22.0 Å². The van der Waals surface area contributed by atoms with Crippen molar-refractivity contribution in [3.63, 3.8) is 0 Å². The zero-order valence-corrected chi connectivity index (χ0v) is 5.88. The number of ether oxygens (including phenoxy) is 1. The van der Waals surface area contributed by atoms with Crippen LogP contribution in [0.4, 0.5) is 0 Å². The molecule has 0 unspecified atom stereocenters. The van der Waals surface area contributed by atoms with E-state index in [-0.39, 0.29) is 0 Å². The average molecular weight is 208 g/mol. The Morgan fingerprint density at radius 3 is 2.86 bits per heavy atom. The lowest BCUT2D eigenvalue weighted by Crippen LogP contribution is -1.85. The molecule has 0 atom stereocenters. The summed E-state index contributed by atoms with van der Waals surface area (Å²) in [6.45, 7) is 0.731. The van der Waals surface area contributed by atoms with Gasteiger partial charge in [0.05, 0.1) is 6.26 Å². The fourth-order valence-electron chi connectivity index (χ4n) is 0.364. The molecule has 0 saturated carbocycles. The van der Waals surface area contributed by atoms with Crippen LogP contribution in [-0.2, 0) is 4.74 Å². The lowest BCUT2D eigenvalue weighted by molar-refractivity contribution is 0.285. The first-order valence-corrected chi connectivity index (χ1v) is 3.11. The largest absolute Gasteiger partial charge is 0.497 e. The predicted molar refractivity (Wildman–Crippen MR) is 37.2 cm³/mol. The van der Waals surface area contributed by atoms with Crippen LogP contribution in [0.25, 0.3) is 0 Å². The van der Waals surface area contributed by atoms with Crippen LogP contribution in [0.2, 0.25) is 0 Å². The highest BCUT2D eigenvalue weighted by molar-refractivity contribution is 14.1. The summed E-state index contributed by atoms with van der Waals surface area (Å²) in [5.41, 5.74) is 0. The summed E-state index contributed by atoms with van der Waals surface area (Å²) in [4.78, 5) is 0. The minimum absolute atomic E-state index is 0.731. The zero-order valence-electron chi connectivity index (χ0n) is 3.73. The van der Waals surface area contributed by atoms with Gasteiger partial charge in [0.1, 0.15) is 6.61 Å². The highest BCUT2D eigenvalue weighted by atomic mass is 127. The molecule has 0 saturated heterocycles. The van der Waals surface area contributed by atoms with Crippen LogP contribution >= 0.6 is 22.6 Å². The molecule has 0 aromatic rings. The van der Waals surface area contributed by atoms with Gasteiger partial charge < -0.3 is 4.74 Å². The fourth-order valence-corrected chi connectivity index (χ4v) is 0.691. The van der Waals surface area contributed by atoms with Crippen LogP contribution in [0, 0.1) is 0 Å². The zero-order chi connectivity index (χ0) is 5.11. The molecule has 0 radical (unpaired) electrons. The second-order valence-corrected chi connectivity index (χ2v) is 2.47. The summed E-state index contributed by atoms with van der Waals surface area (Å²) in [5, 5.41) is 0. The summed E-state index contributed by atoms with van der Waals surface area (Å²) in [5.74, 6) is 0. The van der Waals surface area contributed by atoms with Crippen molar-refractivity contribution >= 4 is 22.6 Å². The minimum Gasteiger partial charge on any atom is -0.497 e. The van der Waals surface area contributed by atoms with Gasteiger partial charge in [-0.05, 0) is 34.7 Å². The van der Waals surface area contributed by atoms with Crippen molar-refractivity contribution in [3.8, 4) is 0 Å². The number of allylic oxidation sites excluding steroid dienone is 2. The van der Waals surface area contributed by atoms with Crippen molar-refractivity contribution < 1.29 is 4.74 Å². The van der Waals surface area contributed by atoms with Gasteiger partial charge in [-0.2, -0.15) is 0 Å². The maximum Gasteiger partial charge on any atom is 0.107 e. The van der Waals surface area contributed by atoms with Crippen LogP contribution in [0.3, 0.4) is 0 Å². The Balaban J connectivity index is 2.58. The minimum atomic E-state index is 0.731. The molecule has 1 rings (SSSR count). The molecule has 0 aliphatic carbocycles. The summed E-state index contributed by atoms with van der Waals surface area (Å²) < 4.78 is 6.13. The first kappa shape index (κ1) is 5.15. The molecule has 0 spiro atoms. The van der Waals surface area contributed by atoms with E-state index in [9.17, 15) is 0 Å². The van der Waals surface area contributed by atoms with Crippen molar-refractivity contribution in [2.45, 2.75) is 0 Å². The van der Waals surface area contributed by atoms with Gasteiger partial charge in [-0.3, -0.25) is 0 Å². The second-order valence-electron chi connectivity index (χ2n) is 1.23. The van der Waals surface area contributed by atoms with Gasteiger partial charge in [0, 0.05) is 3.58 Å². The summed E-state index contributed by atoms with van der Waals surface area (Å²) in [6, 6.07) is 0. The first-order chi connectivity index (χ1) is 3.39. The van der Waals surface area contributed by atoms with E-state index < -0.39 is 0 Å². The van der Waals surface area contributed by atoms with Crippen molar-refractivity contribution in [2.24, 2.45) is 0 Å². The smallest absolute Gasteiger partial charge is 0.107 e. The predicted octanol–water partition coefficient (Wildman–Crippen LogP) is 1.85. The third kappa shape index (κ3) is 1.51. The van der Waals surface area contributed by atoms with Crippen LogP contribution in [0.5, 0.6) is 0 Å². The summed E-state index contributed by atoms with van der Waals surface area (Å²) >= 11 is 2.25. The van der Waals surface area contributed by atoms with Gasteiger partial charge in [-0.25, -0.2) is 0 Å². The Bertz CT molecular complexity index is 115. The van der Waals surface area contributed by atoms with Gasteiger partial charge in [-0.1, -0.05) is 0 Å². The Hall–Kier alpha value is 0.01000. The summed E-state index contributed by atoms with van der Waals surface area (Å²) in [7, 11) is 0. The number of halogens is 1. The quantitative estimate of drug-likeness (QED) is 0.552. The third-order valence-electron chi connectivity index (χ3n) is 0.698. The molecular weight excluding hydrogens is 203 g/mol. The molecule has 1 nitrogen and oxygen atoms in total. The Labute approximate surface area is 56.2 Å². The molecule has 0 aromatic carbocycles. The molecular formula is C5H5IO. The molecule has 0 amide bonds. The van der Waals surface area contributed by atoms with E-state index in [1.807, 2.05) is 12.2 Å². The molecule has 38 valence electrons. The topological polar surface area (TPSA) is 9.23 Å². The molecule has 0 bridgehead atoms. The molecule has 0 aromatic heterocycles. The highest BCUT2D eigenvalue weighted by Gasteiger charge is 1.87. The van der Waals surface area contributed by atoms with E-state index in [2.05, 4.69) is 22.6 Å². The van der Waals surface area contributed by atoms with Gasteiger partial charge in [0.2, 0.25) is 0 Å². The highest BCUT2D eigenvalue weighted by Crippen LogP contribution is 2.10. The number of hydrogen-bond donors (Lipinski definition) is 0. The van der Waals surface area contributed by atoms with E-state index >= 15 is 0 Å². The van der Waals surface area contributed by atoms with E-state index in [1.165, 1.54) is 3.58 Å². The van der Waals surface area contributed by atoms with Crippen molar-refractivity contribution in [1.29, 1.82) is 0 Å². The van der Waals surface area contributed by atoms with Gasteiger partial charge in [0.25, 0.3) is 0 Å². The van der Waals surface area contributed by atoms with Crippen LogP contribution in [0.1, 0.15) is 0 Å². The Kier molecular flexibility index (Phi) is 1.73. The van der Waals surface area contributed by atoms with Gasteiger partial charge in [-0.15, -0.1) is 0 Å². The van der Waals surface area contributed by atoms with Crippen LogP contribution in [0.15, 0.2) is 22.0 Å². The molecule has 0 N–H and O–H groups in total. The van der Waals surface area contributed by atoms with Crippen LogP contribution < -0.4 is 0 Å². The molecule has 7 heavy (non-hydrogen) atoms. The lowest BCUT2D eigenvalue weighted by atomic mass is 10.5. The van der Waals surface area contributed by atoms with Gasteiger partial charge >= 0.3 is 0 Å². The average Bonchev–Trinajstić information content (AvgIpc) is 1.69. The maximum atomic E-state index is 4.88. The number of rotatable bonds is 0. The summed E-state index contributed by atoms with van der Waals surface area (Å²) in [6.07, 6.45) is 5.67. The van der Waals surface area contributed by atoms with E-state index in [0.717, 1.165) is 6.61 Å². The van der Waals surface area contributed by atoms with E-state index in [1.54, 1.807) is 6.26 Å². The molecule has 0 fully saturated rings. The second kappa shape index (κ2) is 2.35. The first-order valence-electron chi connectivity index (χ1n) is 2.03. The van der Waals surface area contributed by atoms with Crippen molar-refractivity contribution in [1.82, 2.24) is 0 Å². The van der Waals surface area contributed by atoms with Crippen molar-refractivity contribution in [2.75, 3.05) is 6.61 Å². The molecule has 1 heterocycles. The third-order valence-corrected chi connectivity index (χ3v) is 1.50. The van der Waals surface area contributed by atoms with E-state index in [0.29, 0.717) is 0 Å². The SMILES string of the molecule is IC1=CCOC=C1. The molecule has 1 aliphatic rings.